The Hall–Kier alpha value is -1.79. The van der Waals surface area contributed by atoms with Crippen LogP contribution in [-0.2, 0) is 20.9 Å². The SMILES string of the molecule is COCc1c(OC)cc(C(O)C(=O)OC)cc1OC. The molecule has 6 nitrogen and oxygen atoms in total. The molecule has 0 aromatic heterocycles. The normalized spacial score (nSPS) is 11.8. The average molecular weight is 270 g/mol. The van der Waals surface area contributed by atoms with Crippen molar-refractivity contribution in [3.05, 3.63) is 23.3 Å². The van der Waals surface area contributed by atoms with E-state index in [1.807, 2.05) is 0 Å². The fourth-order valence-corrected chi connectivity index (χ4v) is 1.70. The van der Waals surface area contributed by atoms with Crippen LogP contribution in [0.3, 0.4) is 0 Å². The van der Waals surface area contributed by atoms with Crippen molar-refractivity contribution in [2.24, 2.45) is 0 Å². The first-order chi connectivity index (χ1) is 9.08. The van der Waals surface area contributed by atoms with Crippen molar-refractivity contribution in [3.8, 4) is 11.5 Å². The first-order valence-corrected chi connectivity index (χ1v) is 5.58. The van der Waals surface area contributed by atoms with Gasteiger partial charge in [-0.2, -0.15) is 0 Å². The van der Waals surface area contributed by atoms with E-state index in [1.54, 1.807) is 19.2 Å². The molecule has 0 aliphatic rings. The van der Waals surface area contributed by atoms with Crippen molar-refractivity contribution in [3.63, 3.8) is 0 Å². The Morgan fingerprint density at radius 2 is 1.68 bits per heavy atom. The first kappa shape index (κ1) is 15.3. The van der Waals surface area contributed by atoms with Gasteiger partial charge in [-0.3, -0.25) is 0 Å². The predicted octanol–water partition coefficient (Wildman–Crippen LogP) is 1.06. The van der Waals surface area contributed by atoms with Crippen LogP contribution >= 0.6 is 0 Å². The topological polar surface area (TPSA) is 74.2 Å². The molecule has 1 unspecified atom stereocenters. The minimum absolute atomic E-state index is 0.293. The maximum Gasteiger partial charge on any atom is 0.339 e. The molecule has 1 aromatic rings. The van der Waals surface area contributed by atoms with Crippen LogP contribution in [0.2, 0.25) is 0 Å². The van der Waals surface area contributed by atoms with Crippen LogP contribution in [0.1, 0.15) is 17.2 Å². The van der Waals surface area contributed by atoms with Crippen LogP contribution in [0.4, 0.5) is 0 Å². The van der Waals surface area contributed by atoms with Gasteiger partial charge in [-0.1, -0.05) is 0 Å². The smallest absolute Gasteiger partial charge is 0.339 e. The largest absolute Gasteiger partial charge is 0.496 e. The first-order valence-electron chi connectivity index (χ1n) is 5.58. The van der Waals surface area contributed by atoms with Gasteiger partial charge in [0.1, 0.15) is 11.5 Å². The van der Waals surface area contributed by atoms with E-state index in [0.29, 0.717) is 29.2 Å². The molecule has 0 aliphatic heterocycles. The quantitative estimate of drug-likeness (QED) is 0.779. The molecule has 1 atom stereocenters. The highest BCUT2D eigenvalue weighted by molar-refractivity contribution is 5.76. The van der Waals surface area contributed by atoms with Crippen molar-refractivity contribution in [1.82, 2.24) is 0 Å². The highest BCUT2D eigenvalue weighted by atomic mass is 16.5. The molecule has 0 amide bonds. The Morgan fingerprint density at radius 3 is 2.05 bits per heavy atom. The van der Waals surface area contributed by atoms with E-state index in [9.17, 15) is 9.90 Å². The van der Waals surface area contributed by atoms with Gasteiger partial charge in [0, 0.05) is 7.11 Å². The zero-order chi connectivity index (χ0) is 14.4. The fraction of sp³-hybridized carbons (Fsp3) is 0.462. The van der Waals surface area contributed by atoms with E-state index in [-0.39, 0.29) is 0 Å². The van der Waals surface area contributed by atoms with Crippen molar-refractivity contribution in [1.29, 1.82) is 0 Å². The van der Waals surface area contributed by atoms with Crippen LogP contribution in [0.15, 0.2) is 12.1 Å². The summed E-state index contributed by atoms with van der Waals surface area (Å²) in [6.07, 6.45) is -1.38. The summed E-state index contributed by atoms with van der Waals surface area (Å²) in [7, 11) is 5.74. The van der Waals surface area contributed by atoms with Gasteiger partial charge in [0.25, 0.3) is 0 Å². The third-order valence-electron chi connectivity index (χ3n) is 2.66. The zero-order valence-electron chi connectivity index (χ0n) is 11.4. The lowest BCUT2D eigenvalue weighted by Crippen LogP contribution is -2.14. The van der Waals surface area contributed by atoms with Gasteiger partial charge >= 0.3 is 5.97 Å². The molecular weight excluding hydrogens is 252 g/mol. The average Bonchev–Trinajstić information content (AvgIpc) is 2.45. The van der Waals surface area contributed by atoms with Gasteiger partial charge in [0.2, 0.25) is 0 Å². The van der Waals surface area contributed by atoms with Gasteiger partial charge in [-0.25, -0.2) is 4.79 Å². The Bertz CT molecular complexity index is 418. The molecule has 0 saturated heterocycles. The lowest BCUT2D eigenvalue weighted by atomic mass is 10.0. The standard InChI is InChI=1S/C13H18O6/c1-16-7-9-10(17-2)5-8(6-11(9)18-3)12(14)13(15)19-4/h5-6,12,14H,7H2,1-4H3. The summed E-state index contributed by atoms with van der Waals surface area (Å²) in [6.45, 7) is 0.293. The van der Waals surface area contributed by atoms with Gasteiger partial charge in [-0.15, -0.1) is 0 Å². The second kappa shape index (κ2) is 6.96. The maximum absolute atomic E-state index is 11.3. The number of esters is 1. The van der Waals surface area contributed by atoms with Gasteiger partial charge in [-0.05, 0) is 17.7 Å². The molecule has 1 aromatic carbocycles. The minimum Gasteiger partial charge on any atom is -0.496 e. The molecule has 0 aliphatic carbocycles. The van der Waals surface area contributed by atoms with Gasteiger partial charge in [0.15, 0.2) is 6.10 Å². The van der Waals surface area contributed by atoms with Crippen LogP contribution in [0.25, 0.3) is 0 Å². The molecule has 1 rings (SSSR count). The Balaban J connectivity index is 3.26. The van der Waals surface area contributed by atoms with Crippen LogP contribution < -0.4 is 9.47 Å². The fourth-order valence-electron chi connectivity index (χ4n) is 1.70. The molecule has 6 heteroatoms. The van der Waals surface area contributed by atoms with Crippen LogP contribution in [0.5, 0.6) is 11.5 Å². The molecule has 0 heterocycles. The van der Waals surface area contributed by atoms with E-state index in [1.165, 1.54) is 21.3 Å². The van der Waals surface area contributed by atoms with E-state index in [0.717, 1.165) is 0 Å². The number of aliphatic hydroxyl groups is 1. The summed E-state index contributed by atoms with van der Waals surface area (Å²) in [6, 6.07) is 3.11. The monoisotopic (exact) mass is 270 g/mol. The van der Waals surface area contributed by atoms with Gasteiger partial charge in [0.05, 0.1) is 33.5 Å². The summed E-state index contributed by atoms with van der Waals surface area (Å²) >= 11 is 0. The zero-order valence-corrected chi connectivity index (χ0v) is 11.4. The van der Waals surface area contributed by atoms with E-state index in [4.69, 9.17) is 14.2 Å². The third-order valence-corrected chi connectivity index (χ3v) is 2.66. The summed E-state index contributed by atoms with van der Waals surface area (Å²) in [5, 5.41) is 9.83. The van der Waals surface area contributed by atoms with Gasteiger partial charge < -0.3 is 24.1 Å². The second-order valence-corrected chi connectivity index (χ2v) is 3.76. The number of ether oxygens (including phenoxy) is 4. The molecule has 19 heavy (non-hydrogen) atoms. The number of hydrogen-bond donors (Lipinski definition) is 1. The van der Waals surface area contributed by atoms with Crippen molar-refractivity contribution >= 4 is 5.97 Å². The number of carbonyl (C=O) groups excluding carboxylic acids is 1. The van der Waals surface area contributed by atoms with Crippen molar-refractivity contribution < 1.29 is 28.8 Å². The summed E-state index contributed by atoms with van der Waals surface area (Å²) in [5.74, 6) is 0.196. The summed E-state index contributed by atoms with van der Waals surface area (Å²) in [4.78, 5) is 11.3. The maximum atomic E-state index is 11.3. The molecule has 0 spiro atoms. The Morgan fingerprint density at radius 1 is 1.16 bits per heavy atom. The summed E-state index contributed by atoms with van der Waals surface area (Å²) < 4.78 is 20.0. The lowest BCUT2D eigenvalue weighted by Gasteiger charge is -2.16. The molecule has 1 N–H and O–H groups in total. The number of aliphatic hydroxyl groups excluding tert-OH is 1. The molecule has 0 fully saturated rings. The molecule has 0 radical (unpaired) electrons. The van der Waals surface area contributed by atoms with Crippen molar-refractivity contribution in [2.45, 2.75) is 12.7 Å². The Labute approximate surface area is 111 Å². The molecular formula is C13H18O6. The van der Waals surface area contributed by atoms with Crippen molar-refractivity contribution in [2.75, 3.05) is 28.4 Å². The highest BCUT2D eigenvalue weighted by Crippen LogP contribution is 2.33. The molecule has 106 valence electrons. The number of benzene rings is 1. The van der Waals surface area contributed by atoms with Crippen LogP contribution in [-0.4, -0.2) is 39.5 Å². The van der Waals surface area contributed by atoms with Crippen LogP contribution in [0, 0.1) is 0 Å². The van der Waals surface area contributed by atoms with E-state index < -0.39 is 12.1 Å². The number of rotatable bonds is 6. The second-order valence-electron chi connectivity index (χ2n) is 3.76. The van der Waals surface area contributed by atoms with E-state index in [2.05, 4.69) is 4.74 Å². The highest BCUT2D eigenvalue weighted by Gasteiger charge is 2.22. The summed E-state index contributed by atoms with van der Waals surface area (Å²) in [5.41, 5.74) is 1.04. The van der Waals surface area contributed by atoms with E-state index >= 15 is 0 Å². The number of hydrogen-bond acceptors (Lipinski definition) is 6. The molecule has 0 saturated carbocycles. The number of carbonyl (C=O) groups is 1. The predicted molar refractivity (Wildman–Crippen MR) is 67.2 cm³/mol. The number of methoxy groups -OCH3 is 4. The Kier molecular flexibility index (Phi) is 5.59. The molecule has 0 bridgehead atoms. The third kappa shape index (κ3) is 3.36. The minimum atomic E-state index is -1.38. The lowest BCUT2D eigenvalue weighted by molar-refractivity contribution is -0.150.